The topological polar surface area (TPSA) is 66.9 Å². The van der Waals surface area contributed by atoms with E-state index in [2.05, 4.69) is 0 Å². The molecule has 1 amide bonds. The molecular weight excluding hydrogens is 352 g/mol. The normalized spacial score (nSPS) is 32.8. The number of amides is 1. The van der Waals surface area contributed by atoms with Gasteiger partial charge in [-0.05, 0) is 17.9 Å². The van der Waals surface area contributed by atoms with E-state index in [-0.39, 0.29) is 17.9 Å². The van der Waals surface area contributed by atoms with Crippen molar-refractivity contribution in [1.82, 2.24) is 9.21 Å². The second-order valence-electron chi connectivity index (χ2n) is 8.20. The number of carbonyl (C=O) groups is 1. The number of fused-ring (bicyclic) bond motifs is 1. The minimum absolute atomic E-state index is 0.104. The third-order valence-corrected chi connectivity index (χ3v) is 7.97. The van der Waals surface area contributed by atoms with E-state index in [1.165, 1.54) is 0 Å². The average Bonchev–Trinajstić information content (AvgIpc) is 2.94. The molecule has 0 saturated carbocycles. The minimum Gasteiger partial charge on any atom is -0.365 e. The van der Waals surface area contributed by atoms with Gasteiger partial charge in [0.2, 0.25) is 15.9 Å². The first kappa shape index (κ1) is 17.9. The summed E-state index contributed by atoms with van der Waals surface area (Å²) in [6, 6.07) is 9.62. The Morgan fingerprint density at radius 2 is 2.00 bits per heavy atom. The highest BCUT2D eigenvalue weighted by molar-refractivity contribution is 7.90. The third kappa shape index (κ3) is 2.96. The molecule has 0 radical (unpaired) electrons. The van der Waals surface area contributed by atoms with Gasteiger partial charge >= 0.3 is 0 Å². The molecular formula is C19H26N2O4S. The number of hydrogen-bond acceptors (Lipinski definition) is 4. The molecule has 0 aromatic heterocycles. The molecule has 1 aromatic rings. The number of nitrogens with zero attached hydrogens (tertiary/aromatic N) is 2. The molecule has 3 atom stereocenters. The van der Waals surface area contributed by atoms with Crippen molar-refractivity contribution in [2.24, 2.45) is 5.92 Å². The van der Waals surface area contributed by atoms with Crippen LogP contribution in [0.2, 0.25) is 0 Å². The van der Waals surface area contributed by atoms with Gasteiger partial charge < -0.3 is 9.64 Å². The maximum Gasteiger partial charge on any atom is 0.223 e. The Balaban J connectivity index is 1.57. The van der Waals surface area contributed by atoms with Gasteiger partial charge in [0.25, 0.3) is 0 Å². The number of hydrogen-bond donors (Lipinski definition) is 0. The quantitative estimate of drug-likeness (QED) is 0.798. The van der Waals surface area contributed by atoms with Crippen LogP contribution in [0.5, 0.6) is 0 Å². The fraction of sp³-hybridized carbons (Fsp3) is 0.632. The van der Waals surface area contributed by atoms with E-state index in [0.717, 1.165) is 5.56 Å². The Kier molecular flexibility index (Phi) is 4.36. The van der Waals surface area contributed by atoms with Crippen LogP contribution in [0.15, 0.2) is 30.3 Å². The fourth-order valence-corrected chi connectivity index (χ4v) is 6.84. The Hall–Kier alpha value is -1.44. The first-order valence-electron chi connectivity index (χ1n) is 9.29. The van der Waals surface area contributed by atoms with Crippen molar-refractivity contribution in [2.45, 2.75) is 50.2 Å². The van der Waals surface area contributed by atoms with E-state index in [4.69, 9.17) is 4.74 Å². The molecule has 26 heavy (non-hydrogen) atoms. The van der Waals surface area contributed by atoms with Crippen molar-refractivity contribution >= 4 is 15.9 Å². The molecule has 7 heteroatoms. The molecule has 1 aromatic carbocycles. The maximum absolute atomic E-state index is 13.1. The van der Waals surface area contributed by atoms with Gasteiger partial charge in [-0.15, -0.1) is 0 Å². The van der Waals surface area contributed by atoms with Crippen molar-refractivity contribution in [3.05, 3.63) is 35.9 Å². The number of sulfonamides is 1. The largest absolute Gasteiger partial charge is 0.365 e. The zero-order chi connectivity index (χ0) is 18.5. The van der Waals surface area contributed by atoms with Gasteiger partial charge in [-0.3, -0.25) is 4.79 Å². The zero-order valence-corrected chi connectivity index (χ0v) is 16.1. The number of morpholine rings is 1. The monoisotopic (exact) mass is 378 g/mol. The highest BCUT2D eigenvalue weighted by Gasteiger charge is 2.65. The Bertz CT molecular complexity index is 795. The van der Waals surface area contributed by atoms with Crippen molar-refractivity contribution in [1.29, 1.82) is 0 Å². The fourth-order valence-electron chi connectivity index (χ4n) is 4.55. The summed E-state index contributed by atoms with van der Waals surface area (Å²) < 4.78 is 34.0. The Morgan fingerprint density at radius 1 is 1.27 bits per heavy atom. The molecule has 4 rings (SSSR count). The zero-order valence-electron chi connectivity index (χ0n) is 15.3. The second-order valence-corrected chi connectivity index (χ2v) is 10.3. The van der Waals surface area contributed by atoms with Gasteiger partial charge in [-0.25, -0.2) is 8.42 Å². The lowest BCUT2D eigenvalue weighted by molar-refractivity contribution is -0.151. The molecule has 0 aliphatic carbocycles. The van der Waals surface area contributed by atoms with Crippen LogP contribution in [0.3, 0.4) is 0 Å². The standard InChI is InChI=1S/C19H26N2O4S/c1-14(2)8-18(22)20-11-16-9-17-19(12-20,25-16)13-21(26(17,23)24)10-15-6-4-3-5-7-15/h3-7,14,16-17H,8-13H2,1-2H3/t16-,17+,19+/m1/s1. The van der Waals surface area contributed by atoms with Gasteiger partial charge in [0.15, 0.2) is 0 Å². The van der Waals surface area contributed by atoms with Crippen molar-refractivity contribution < 1.29 is 17.9 Å². The van der Waals surface area contributed by atoms with Crippen LogP contribution in [-0.2, 0) is 26.1 Å². The molecule has 3 saturated heterocycles. The summed E-state index contributed by atoms with van der Waals surface area (Å²) in [5.41, 5.74) is 0.191. The number of benzene rings is 1. The first-order chi connectivity index (χ1) is 12.3. The molecule has 3 aliphatic heterocycles. The van der Waals surface area contributed by atoms with Crippen molar-refractivity contribution in [2.75, 3.05) is 19.6 Å². The SMILES string of the molecule is CC(C)CC(=O)N1C[C@H]2C[C@H]3[C@](C1)(CN(Cc1ccccc1)S3(=O)=O)O2. The summed E-state index contributed by atoms with van der Waals surface area (Å²) in [7, 11) is -3.43. The molecule has 6 nitrogen and oxygen atoms in total. The van der Waals surface area contributed by atoms with E-state index in [0.29, 0.717) is 39.0 Å². The van der Waals surface area contributed by atoms with Crippen LogP contribution in [-0.4, -0.2) is 60.1 Å². The minimum atomic E-state index is -3.43. The number of ether oxygens (including phenoxy) is 1. The first-order valence-corrected chi connectivity index (χ1v) is 10.8. The molecule has 1 spiro atoms. The predicted molar refractivity (Wildman–Crippen MR) is 97.8 cm³/mol. The van der Waals surface area contributed by atoms with E-state index < -0.39 is 20.9 Å². The molecule has 3 fully saturated rings. The lowest BCUT2D eigenvalue weighted by Crippen LogP contribution is -2.56. The Morgan fingerprint density at radius 3 is 2.69 bits per heavy atom. The van der Waals surface area contributed by atoms with Gasteiger partial charge in [0.1, 0.15) is 10.9 Å². The molecule has 3 heterocycles. The van der Waals surface area contributed by atoms with E-state index in [9.17, 15) is 13.2 Å². The van der Waals surface area contributed by atoms with Crippen LogP contribution in [0, 0.1) is 5.92 Å². The summed E-state index contributed by atoms with van der Waals surface area (Å²) in [6.45, 7) is 5.62. The summed E-state index contributed by atoms with van der Waals surface area (Å²) in [6.07, 6.45) is 0.811. The Labute approximate surface area is 155 Å². The van der Waals surface area contributed by atoms with E-state index in [1.54, 1.807) is 4.31 Å². The van der Waals surface area contributed by atoms with E-state index in [1.807, 2.05) is 49.1 Å². The van der Waals surface area contributed by atoms with Gasteiger partial charge in [0.05, 0.1) is 12.6 Å². The van der Waals surface area contributed by atoms with Crippen LogP contribution >= 0.6 is 0 Å². The molecule has 3 aliphatic rings. The predicted octanol–water partition coefficient (Wildman–Crippen LogP) is 1.62. The van der Waals surface area contributed by atoms with Crippen molar-refractivity contribution in [3.8, 4) is 0 Å². The lowest BCUT2D eigenvalue weighted by Gasteiger charge is -2.39. The summed E-state index contributed by atoms with van der Waals surface area (Å²) in [5.74, 6) is 0.394. The summed E-state index contributed by atoms with van der Waals surface area (Å²) in [4.78, 5) is 14.4. The van der Waals surface area contributed by atoms with Crippen LogP contribution in [0.25, 0.3) is 0 Å². The van der Waals surface area contributed by atoms with Gasteiger partial charge in [0, 0.05) is 26.1 Å². The maximum atomic E-state index is 13.1. The van der Waals surface area contributed by atoms with Gasteiger partial charge in [-0.1, -0.05) is 44.2 Å². The van der Waals surface area contributed by atoms with Crippen LogP contribution in [0.1, 0.15) is 32.3 Å². The average molecular weight is 378 g/mol. The number of rotatable bonds is 4. The highest BCUT2D eigenvalue weighted by Crippen LogP contribution is 2.47. The smallest absolute Gasteiger partial charge is 0.223 e. The third-order valence-electron chi connectivity index (χ3n) is 5.65. The number of likely N-dealkylation sites (tertiary alicyclic amines) is 1. The molecule has 142 valence electrons. The van der Waals surface area contributed by atoms with Crippen LogP contribution in [0.4, 0.5) is 0 Å². The second kappa shape index (κ2) is 6.32. The highest BCUT2D eigenvalue weighted by atomic mass is 32.2. The molecule has 0 N–H and O–H groups in total. The molecule has 2 bridgehead atoms. The number of carbonyl (C=O) groups excluding carboxylic acids is 1. The van der Waals surface area contributed by atoms with Crippen molar-refractivity contribution in [3.63, 3.8) is 0 Å². The molecule has 0 unspecified atom stereocenters. The summed E-state index contributed by atoms with van der Waals surface area (Å²) >= 11 is 0. The van der Waals surface area contributed by atoms with E-state index >= 15 is 0 Å². The summed E-state index contributed by atoms with van der Waals surface area (Å²) in [5, 5.41) is -0.541. The van der Waals surface area contributed by atoms with Crippen LogP contribution < -0.4 is 0 Å². The van der Waals surface area contributed by atoms with Gasteiger partial charge in [-0.2, -0.15) is 4.31 Å². The lowest BCUT2D eigenvalue weighted by atomic mass is 9.98.